The first kappa shape index (κ1) is 12.5. The number of nitrogens with zero attached hydrogens (tertiary/aromatic N) is 1. The molecule has 0 aliphatic rings. The summed E-state index contributed by atoms with van der Waals surface area (Å²) in [4.78, 5) is 0. The van der Waals surface area contributed by atoms with Crippen molar-refractivity contribution in [2.24, 2.45) is 5.16 Å². The molecule has 0 atom stereocenters. The maximum Gasteiger partial charge on any atom is 0.119 e. The van der Waals surface area contributed by atoms with Crippen LogP contribution in [-0.2, 0) is 6.42 Å². The number of rotatable bonds is 6. The molecule has 0 saturated heterocycles. The minimum atomic E-state index is 0.143. The number of benzene rings is 1. The number of hydrogen-bond donors (Lipinski definition) is 2. The summed E-state index contributed by atoms with van der Waals surface area (Å²) >= 11 is 0. The fourth-order valence-electron chi connectivity index (χ4n) is 1.29. The zero-order valence-corrected chi connectivity index (χ0v) is 9.39. The van der Waals surface area contributed by atoms with Gasteiger partial charge in [0.15, 0.2) is 0 Å². The number of hydrogen-bond acceptors (Lipinski definition) is 4. The van der Waals surface area contributed by atoms with Crippen LogP contribution in [0.1, 0.15) is 18.9 Å². The zero-order valence-electron chi connectivity index (χ0n) is 9.39. The van der Waals surface area contributed by atoms with Gasteiger partial charge in [-0.3, -0.25) is 0 Å². The van der Waals surface area contributed by atoms with Gasteiger partial charge in [-0.05, 0) is 24.6 Å². The van der Waals surface area contributed by atoms with E-state index in [0.29, 0.717) is 25.2 Å². The molecule has 4 nitrogen and oxygen atoms in total. The van der Waals surface area contributed by atoms with Crippen LogP contribution in [-0.4, -0.2) is 29.2 Å². The molecule has 1 rings (SSSR count). The number of aliphatic hydroxyl groups excluding tert-OH is 1. The second-order valence-corrected chi connectivity index (χ2v) is 3.58. The predicted molar refractivity (Wildman–Crippen MR) is 62.2 cm³/mol. The van der Waals surface area contributed by atoms with E-state index in [1.807, 2.05) is 24.3 Å². The Morgan fingerprint density at radius 1 is 1.31 bits per heavy atom. The SMILES string of the molecule is C/C(Cc1ccc(OCCCO)cc1)=N/O. The molecule has 0 aliphatic carbocycles. The Hall–Kier alpha value is -1.55. The normalized spacial score (nSPS) is 11.5. The second-order valence-electron chi connectivity index (χ2n) is 3.58. The Kier molecular flexibility index (Phi) is 5.36. The number of ether oxygens (including phenoxy) is 1. The maximum atomic E-state index is 8.60. The highest BCUT2D eigenvalue weighted by Gasteiger charge is 1.98. The molecule has 2 N–H and O–H groups in total. The molecule has 4 heteroatoms. The summed E-state index contributed by atoms with van der Waals surface area (Å²) < 4.78 is 5.39. The molecule has 0 bridgehead atoms. The van der Waals surface area contributed by atoms with E-state index in [1.54, 1.807) is 6.92 Å². The second kappa shape index (κ2) is 6.85. The smallest absolute Gasteiger partial charge is 0.119 e. The van der Waals surface area contributed by atoms with E-state index in [2.05, 4.69) is 5.16 Å². The molecule has 16 heavy (non-hydrogen) atoms. The molecule has 1 aromatic rings. The Bertz CT molecular complexity index is 333. The molecule has 0 heterocycles. The van der Waals surface area contributed by atoms with Crippen molar-refractivity contribution >= 4 is 5.71 Å². The molecule has 0 amide bonds. The molecule has 0 saturated carbocycles. The van der Waals surface area contributed by atoms with Gasteiger partial charge in [0.1, 0.15) is 5.75 Å². The van der Waals surface area contributed by atoms with Crippen molar-refractivity contribution in [3.8, 4) is 5.75 Å². The van der Waals surface area contributed by atoms with Crippen molar-refractivity contribution < 1.29 is 15.1 Å². The van der Waals surface area contributed by atoms with Crippen molar-refractivity contribution in [1.82, 2.24) is 0 Å². The molecule has 0 fully saturated rings. The van der Waals surface area contributed by atoms with Gasteiger partial charge in [-0.1, -0.05) is 17.3 Å². The first-order valence-electron chi connectivity index (χ1n) is 5.26. The molecule has 0 radical (unpaired) electrons. The third-order valence-corrected chi connectivity index (χ3v) is 2.13. The Morgan fingerprint density at radius 3 is 2.56 bits per heavy atom. The van der Waals surface area contributed by atoms with E-state index < -0.39 is 0 Å². The standard InChI is InChI=1S/C12H17NO3/c1-10(13-15)9-11-3-5-12(6-4-11)16-8-2-7-14/h3-6,14-15H,2,7-9H2,1H3/b13-10-. The van der Waals surface area contributed by atoms with Gasteiger partial charge in [-0.2, -0.15) is 0 Å². The van der Waals surface area contributed by atoms with Crippen molar-refractivity contribution in [1.29, 1.82) is 0 Å². The molecule has 88 valence electrons. The van der Waals surface area contributed by atoms with Gasteiger partial charge in [0.25, 0.3) is 0 Å². The van der Waals surface area contributed by atoms with Gasteiger partial charge in [0.2, 0.25) is 0 Å². The van der Waals surface area contributed by atoms with Crippen LogP contribution in [0.15, 0.2) is 29.4 Å². The molecular weight excluding hydrogens is 206 g/mol. The quantitative estimate of drug-likeness (QED) is 0.335. The van der Waals surface area contributed by atoms with Gasteiger partial charge in [0, 0.05) is 19.4 Å². The van der Waals surface area contributed by atoms with E-state index in [4.69, 9.17) is 15.1 Å². The monoisotopic (exact) mass is 223 g/mol. The minimum Gasteiger partial charge on any atom is -0.494 e. The highest BCUT2D eigenvalue weighted by Crippen LogP contribution is 2.13. The lowest BCUT2D eigenvalue weighted by molar-refractivity contribution is 0.233. The average molecular weight is 223 g/mol. The Balaban J connectivity index is 2.47. The molecular formula is C12H17NO3. The lowest BCUT2D eigenvalue weighted by atomic mass is 10.1. The van der Waals surface area contributed by atoms with Crippen molar-refractivity contribution in [2.45, 2.75) is 19.8 Å². The summed E-state index contributed by atoms with van der Waals surface area (Å²) in [6.45, 7) is 2.43. The fraction of sp³-hybridized carbons (Fsp3) is 0.417. The van der Waals surface area contributed by atoms with Crippen LogP contribution in [0.2, 0.25) is 0 Å². The van der Waals surface area contributed by atoms with Gasteiger partial charge in [-0.25, -0.2) is 0 Å². The van der Waals surface area contributed by atoms with Crippen molar-refractivity contribution in [2.75, 3.05) is 13.2 Å². The van der Waals surface area contributed by atoms with E-state index >= 15 is 0 Å². The lowest BCUT2D eigenvalue weighted by Crippen LogP contribution is -2.00. The van der Waals surface area contributed by atoms with Crippen LogP contribution in [0.3, 0.4) is 0 Å². The van der Waals surface area contributed by atoms with Gasteiger partial charge in [0.05, 0.1) is 12.3 Å². The topological polar surface area (TPSA) is 62.0 Å². The van der Waals surface area contributed by atoms with E-state index in [0.717, 1.165) is 11.3 Å². The Morgan fingerprint density at radius 2 is 2.00 bits per heavy atom. The lowest BCUT2D eigenvalue weighted by Gasteiger charge is -2.06. The van der Waals surface area contributed by atoms with Crippen molar-refractivity contribution in [3.05, 3.63) is 29.8 Å². The van der Waals surface area contributed by atoms with E-state index in [1.165, 1.54) is 0 Å². The van der Waals surface area contributed by atoms with E-state index in [9.17, 15) is 0 Å². The van der Waals surface area contributed by atoms with Crippen LogP contribution in [0, 0.1) is 0 Å². The summed E-state index contributed by atoms with van der Waals surface area (Å²) in [6.07, 6.45) is 1.27. The third kappa shape index (κ3) is 4.31. The Labute approximate surface area is 95.2 Å². The third-order valence-electron chi connectivity index (χ3n) is 2.13. The molecule has 0 spiro atoms. The van der Waals surface area contributed by atoms with Crippen LogP contribution >= 0.6 is 0 Å². The van der Waals surface area contributed by atoms with Crippen LogP contribution in [0.5, 0.6) is 5.75 Å². The molecule has 0 aliphatic heterocycles. The highest BCUT2D eigenvalue weighted by molar-refractivity contribution is 5.83. The zero-order chi connectivity index (χ0) is 11.8. The summed E-state index contributed by atoms with van der Waals surface area (Å²) in [5.41, 5.74) is 1.75. The van der Waals surface area contributed by atoms with Crippen molar-refractivity contribution in [3.63, 3.8) is 0 Å². The fourth-order valence-corrected chi connectivity index (χ4v) is 1.29. The number of aliphatic hydroxyl groups is 1. The van der Waals surface area contributed by atoms with Gasteiger partial charge in [-0.15, -0.1) is 0 Å². The summed E-state index contributed by atoms with van der Waals surface area (Å²) in [5, 5.41) is 20.3. The largest absolute Gasteiger partial charge is 0.494 e. The molecule has 1 aromatic carbocycles. The highest BCUT2D eigenvalue weighted by atomic mass is 16.5. The first-order chi connectivity index (χ1) is 7.76. The van der Waals surface area contributed by atoms with Gasteiger partial charge >= 0.3 is 0 Å². The molecule has 0 unspecified atom stereocenters. The van der Waals surface area contributed by atoms with Crippen LogP contribution < -0.4 is 4.74 Å². The summed E-state index contributed by atoms with van der Waals surface area (Å²) in [7, 11) is 0. The molecule has 0 aromatic heterocycles. The first-order valence-corrected chi connectivity index (χ1v) is 5.26. The van der Waals surface area contributed by atoms with Crippen LogP contribution in [0.4, 0.5) is 0 Å². The van der Waals surface area contributed by atoms with Crippen LogP contribution in [0.25, 0.3) is 0 Å². The maximum absolute atomic E-state index is 8.60. The predicted octanol–water partition coefficient (Wildman–Crippen LogP) is 1.84. The summed E-state index contributed by atoms with van der Waals surface area (Å²) in [5.74, 6) is 0.788. The average Bonchev–Trinajstić information content (AvgIpc) is 2.31. The minimum absolute atomic E-state index is 0.143. The van der Waals surface area contributed by atoms with Gasteiger partial charge < -0.3 is 15.1 Å². The number of oxime groups is 1. The summed E-state index contributed by atoms with van der Waals surface area (Å²) in [6, 6.07) is 7.61. The van der Waals surface area contributed by atoms with E-state index in [-0.39, 0.29) is 6.61 Å².